The molecule has 10 heteroatoms. The van der Waals surface area contributed by atoms with E-state index in [9.17, 15) is 24.5 Å². The molecule has 148 valence electrons. The van der Waals surface area contributed by atoms with Gasteiger partial charge in [-0.05, 0) is 39.2 Å². The number of hydrogen-bond donors (Lipinski definition) is 1. The number of nitrogens with zero attached hydrogens (tertiary/aromatic N) is 2. The summed E-state index contributed by atoms with van der Waals surface area (Å²) in [6.07, 6.45) is 1.69. The minimum absolute atomic E-state index is 0.0274. The van der Waals surface area contributed by atoms with E-state index in [-0.39, 0.29) is 23.7 Å². The van der Waals surface area contributed by atoms with Crippen LogP contribution in [0.2, 0.25) is 0 Å². The molecule has 0 spiro atoms. The van der Waals surface area contributed by atoms with Gasteiger partial charge in [-0.15, -0.1) is 11.8 Å². The number of carbonyl (C=O) groups excluding carboxylic acids is 3. The van der Waals surface area contributed by atoms with E-state index in [0.717, 1.165) is 11.0 Å². The summed E-state index contributed by atoms with van der Waals surface area (Å²) in [5.74, 6) is -1.76. The van der Waals surface area contributed by atoms with E-state index in [1.54, 1.807) is 6.26 Å². The molecule has 0 saturated carbocycles. The van der Waals surface area contributed by atoms with Crippen molar-refractivity contribution >= 4 is 35.2 Å². The molecule has 1 N–H and O–H groups in total. The maximum absolute atomic E-state index is 12.1. The smallest absolute Gasteiger partial charge is 0.338 e. The Balaban J connectivity index is 2.66. The first kappa shape index (κ1) is 22.4. The second-order valence-electron chi connectivity index (χ2n) is 6.77. The first-order chi connectivity index (χ1) is 12.4. The lowest BCUT2D eigenvalue weighted by Gasteiger charge is -2.23. The van der Waals surface area contributed by atoms with Crippen LogP contribution >= 0.6 is 11.8 Å². The molecule has 27 heavy (non-hydrogen) atoms. The van der Waals surface area contributed by atoms with Crippen LogP contribution in [0.4, 0.5) is 5.69 Å². The van der Waals surface area contributed by atoms with Gasteiger partial charge in [0.15, 0.2) is 6.61 Å². The number of thioether (sulfide) groups is 1. The maximum Gasteiger partial charge on any atom is 0.338 e. The summed E-state index contributed by atoms with van der Waals surface area (Å²) in [6.45, 7) is 4.69. The predicted molar refractivity (Wildman–Crippen MR) is 101 cm³/mol. The molecule has 0 aliphatic carbocycles. The van der Waals surface area contributed by atoms with Gasteiger partial charge in [-0.1, -0.05) is 0 Å². The molecule has 0 aromatic heterocycles. The van der Waals surface area contributed by atoms with Gasteiger partial charge in [0.1, 0.15) is 0 Å². The van der Waals surface area contributed by atoms with E-state index < -0.39 is 28.9 Å². The van der Waals surface area contributed by atoms with Crippen LogP contribution in [-0.4, -0.2) is 59.6 Å². The first-order valence-electron chi connectivity index (χ1n) is 7.99. The lowest BCUT2D eigenvalue weighted by Crippen LogP contribution is -2.46. The van der Waals surface area contributed by atoms with Crippen molar-refractivity contribution in [2.24, 2.45) is 0 Å². The zero-order valence-electron chi connectivity index (χ0n) is 15.9. The summed E-state index contributed by atoms with van der Waals surface area (Å²) in [5, 5.41) is 13.8. The highest BCUT2D eigenvalue weighted by Gasteiger charge is 2.21. The average Bonchev–Trinajstić information content (AvgIpc) is 2.56. The summed E-state index contributed by atoms with van der Waals surface area (Å²) in [4.78, 5) is 47.9. The molecule has 0 unspecified atom stereocenters. The van der Waals surface area contributed by atoms with Crippen LogP contribution in [0.3, 0.4) is 0 Å². The Morgan fingerprint density at radius 1 is 1.30 bits per heavy atom. The van der Waals surface area contributed by atoms with Crippen molar-refractivity contribution in [2.45, 2.75) is 31.2 Å². The summed E-state index contributed by atoms with van der Waals surface area (Å²) in [6, 6.07) is 3.95. The predicted octanol–water partition coefficient (Wildman–Crippen LogP) is 1.85. The molecule has 0 aliphatic heterocycles. The van der Waals surface area contributed by atoms with Gasteiger partial charge in [0.2, 0.25) is 5.91 Å². The quantitative estimate of drug-likeness (QED) is 0.323. The van der Waals surface area contributed by atoms with Crippen LogP contribution < -0.4 is 5.32 Å². The third-order valence-electron chi connectivity index (χ3n) is 3.26. The Bertz CT molecular complexity index is 745. The van der Waals surface area contributed by atoms with E-state index in [1.807, 2.05) is 20.8 Å². The minimum atomic E-state index is -0.855. The zero-order chi connectivity index (χ0) is 20.8. The summed E-state index contributed by atoms with van der Waals surface area (Å²) in [7, 11) is 1.41. The number of nitro groups is 1. The number of nitro benzene ring substituents is 1. The van der Waals surface area contributed by atoms with E-state index in [2.05, 4.69) is 5.32 Å². The SMILES string of the molecule is CSc1ccc(C(=O)OCC(=O)N(C)CC(=O)NC(C)(C)C)cc1[N+](=O)[O-]. The molecule has 1 rings (SSSR count). The van der Waals surface area contributed by atoms with Gasteiger partial charge in [-0.25, -0.2) is 4.79 Å². The standard InChI is InChI=1S/C17H23N3O6S/c1-17(2,3)18-14(21)9-19(4)15(22)10-26-16(23)11-6-7-13(27-5)12(8-11)20(24)25/h6-8H,9-10H2,1-5H3,(H,18,21). The van der Waals surface area contributed by atoms with Crippen LogP contribution in [0, 0.1) is 10.1 Å². The molecule has 0 aliphatic rings. The van der Waals surface area contributed by atoms with Crippen molar-refractivity contribution in [3.63, 3.8) is 0 Å². The number of amides is 2. The lowest BCUT2D eigenvalue weighted by atomic mass is 10.1. The van der Waals surface area contributed by atoms with E-state index in [0.29, 0.717) is 4.90 Å². The highest BCUT2D eigenvalue weighted by atomic mass is 32.2. The molecule has 0 saturated heterocycles. The number of rotatable bonds is 7. The van der Waals surface area contributed by atoms with E-state index >= 15 is 0 Å². The molecule has 0 bridgehead atoms. The highest BCUT2D eigenvalue weighted by Crippen LogP contribution is 2.28. The molecule has 2 amide bonds. The van der Waals surface area contributed by atoms with Crippen molar-refractivity contribution in [2.75, 3.05) is 26.5 Å². The molecule has 0 fully saturated rings. The molecule has 0 atom stereocenters. The van der Waals surface area contributed by atoms with E-state index in [4.69, 9.17) is 4.74 Å². The van der Waals surface area contributed by atoms with Gasteiger partial charge >= 0.3 is 5.97 Å². The van der Waals surface area contributed by atoms with Crippen LogP contribution in [0.15, 0.2) is 23.1 Å². The van der Waals surface area contributed by atoms with Crippen LogP contribution in [0.5, 0.6) is 0 Å². The van der Waals surface area contributed by atoms with Gasteiger partial charge in [-0.2, -0.15) is 0 Å². The van der Waals surface area contributed by atoms with Gasteiger partial charge in [0, 0.05) is 18.7 Å². The molecular weight excluding hydrogens is 374 g/mol. The first-order valence-corrected chi connectivity index (χ1v) is 9.21. The molecule has 0 heterocycles. The Morgan fingerprint density at radius 3 is 2.44 bits per heavy atom. The number of ether oxygens (including phenoxy) is 1. The van der Waals surface area contributed by atoms with Gasteiger partial charge in [0.25, 0.3) is 11.6 Å². The van der Waals surface area contributed by atoms with Crippen molar-refractivity contribution < 1.29 is 24.0 Å². The number of carbonyl (C=O) groups is 3. The Labute approximate surface area is 161 Å². The highest BCUT2D eigenvalue weighted by molar-refractivity contribution is 7.98. The largest absolute Gasteiger partial charge is 0.452 e. The number of esters is 1. The van der Waals surface area contributed by atoms with Crippen molar-refractivity contribution in [1.29, 1.82) is 0 Å². The third kappa shape index (κ3) is 7.26. The fourth-order valence-electron chi connectivity index (χ4n) is 2.04. The molecule has 1 aromatic rings. The second kappa shape index (κ2) is 9.36. The summed E-state index contributed by atoms with van der Waals surface area (Å²) >= 11 is 1.18. The summed E-state index contributed by atoms with van der Waals surface area (Å²) in [5.41, 5.74) is -0.662. The minimum Gasteiger partial charge on any atom is -0.452 e. The normalized spacial score (nSPS) is 10.9. The fourth-order valence-corrected chi connectivity index (χ4v) is 2.59. The molecule has 0 radical (unpaired) electrons. The average molecular weight is 397 g/mol. The number of hydrogen-bond acceptors (Lipinski definition) is 7. The Morgan fingerprint density at radius 2 is 1.93 bits per heavy atom. The summed E-state index contributed by atoms with van der Waals surface area (Å²) < 4.78 is 4.91. The van der Waals surface area contributed by atoms with Crippen LogP contribution in [0.25, 0.3) is 0 Å². The number of benzene rings is 1. The Hall–Kier alpha value is -2.62. The number of nitrogens with one attached hydrogen (secondary N) is 1. The van der Waals surface area contributed by atoms with E-state index in [1.165, 1.54) is 30.9 Å². The second-order valence-corrected chi connectivity index (χ2v) is 7.62. The zero-order valence-corrected chi connectivity index (χ0v) is 16.7. The topological polar surface area (TPSA) is 119 Å². The third-order valence-corrected chi connectivity index (χ3v) is 4.04. The molecule has 1 aromatic carbocycles. The van der Waals surface area contributed by atoms with Crippen molar-refractivity contribution in [3.8, 4) is 0 Å². The van der Waals surface area contributed by atoms with Crippen LogP contribution in [-0.2, 0) is 14.3 Å². The van der Waals surface area contributed by atoms with Gasteiger partial charge in [0.05, 0.1) is 21.9 Å². The molecular formula is C17H23N3O6S. The van der Waals surface area contributed by atoms with Gasteiger partial charge in [-0.3, -0.25) is 19.7 Å². The maximum atomic E-state index is 12.1. The Kier molecular flexibility index (Phi) is 7.77. The van der Waals surface area contributed by atoms with Crippen LogP contribution in [0.1, 0.15) is 31.1 Å². The van der Waals surface area contributed by atoms with Crippen molar-refractivity contribution in [1.82, 2.24) is 10.2 Å². The fraction of sp³-hybridized carbons (Fsp3) is 0.471. The molecule has 9 nitrogen and oxygen atoms in total. The monoisotopic (exact) mass is 397 g/mol. The number of likely N-dealkylation sites (N-methyl/N-ethyl adjacent to an activating group) is 1. The lowest BCUT2D eigenvalue weighted by molar-refractivity contribution is -0.387. The van der Waals surface area contributed by atoms with Crippen molar-refractivity contribution in [3.05, 3.63) is 33.9 Å². The van der Waals surface area contributed by atoms with Gasteiger partial charge < -0.3 is 15.0 Å².